The zero-order valence-electron chi connectivity index (χ0n) is 10.7. The van der Waals surface area contributed by atoms with E-state index in [0.717, 1.165) is 12.2 Å². The van der Waals surface area contributed by atoms with Crippen LogP contribution in [0.15, 0.2) is 23.4 Å². The fraction of sp³-hybridized carbons (Fsp3) is 0.462. The van der Waals surface area contributed by atoms with Gasteiger partial charge in [-0.1, -0.05) is 31.1 Å². The molecular formula is C13H19FN2OS. The van der Waals surface area contributed by atoms with Gasteiger partial charge in [-0.05, 0) is 29.7 Å². The minimum absolute atomic E-state index is 0.152. The molecule has 0 aromatic heterocycles. The number of oxime groups is 1. The fourth-order valence-electron chi connectivity index (χ4n) is 1.44. The van der Waals surface area contributed by atoms with Crippen molar-refractivity contribution in [2.45, 2.75) is 26.0 Å². The lowest BCUT2D eigenvalue weighted by Crippen LogP contribution is -2.15. The largest absolute Gasteiger partial charge is 0.409 e. The van der Waals surface area contributed by atoms with Crippen LogP contribution in [0.2, 0.25) is 0 Å². The summed E-state index contributed by atoms with van der Waals surface area (Å²) in [4.78, 5) is 0. The van der Waals surface area contributed by atoms with Crippen molar-refractivity contribution in [1.82, 2.24) is 0 Å². The molecule has 0 amide bonds. The Labute approximate surface area is 111 Å². The molecule has 18 heavy (non-hydrogen) atoms. The number of nitrogens with two attached hydrogens (primary N) is 1. The Hall–Kier alpha value is -1.23. The van der Waals surface area contributed by atoms with Crippen molar-refractivity contribution in [3.05, 3.63) is 35.1 Å². The van der Waals surface area contributed by atoms with E-state index in [0.29, 0.717) is 17.2 Å². The van der Waals surface area contributed by atoms with Crippen LogP contribution in [0.5, 0.6) is 0 Å². The van der Waals surface area contributed by atoms with E-state index in [1.807, 2.05) is 0 Å². The first kappa shape index (κ1) is 14.8. The zero-order valence-corrected chi connectivity index (χ0v) is 11.5. The average molecular weight is 270 g/mol. The van der Waals surface area contributed by atoms with Crippen LogP contribution in [0.3, 0.4) is 0 Å². The summed E-state index contributed by atoms with van der Waals surface area (Å²) in [6.45, 7) is 4.33. The van der Waals surface area contributed by atoms with Crippen LogP contribution < -0.4 is 5.73 Å². The van der Waals surface area contributed by atoms with Gasteiger partial charge in [0.15, 0.2) is 5.84 Å². The summed E-state index contributed by atoms with van der Waals surface area (Å²) in [5, 5.41) is 11.4. The first-order valence-electron chi connectivity index (χ1n) is 5.89. The predicted molar refractivity (Wildman–Crippen MR) is 74.5 cm³/mol. The summed E-state index contributed by atoms with van der Waals surface area (Å²) in [7, 11) is 0. The minimum atomic E-state index is -0.398. The second-order valence-corrected chi connectivity index (χ2v) is 5.60. The highest BCUT2D eigenvalue weighted by atomic mass is 32.2. The molecule has 0 heterocycles. The van der Waals surface area contributed by atoms with Crippen molar-refractivity contribution in [2.75, 3.05) is 5.75 Å². The number of hydrogen-bond donors (Lipinski definition) is 2. The second kappa shape index (κ2) is 7.26. The minimum Gasteiger partial charge on any atom is -0.409 e. The zero-order chi connectivity index (χ0) is 13.5. The molecule has 3 N–H and O–H groups in total. The molecule has 0 aliphatic carbocycles. The molecule has 3 nitrogen and oxygen atoms in total. The molecule has 5 heteroatoms. The number of halogens is 1. The highest BCUT2D eigenvalue weighted by Gasteiger charge is 2.11. The third-order valence-corrected chi connectivity index (χ3v) is 3.60. The predicted octanol–water partition coefficient (Wildman–Crippen LogP) is 3.20. The van der Waals surface area contributed by atoms with E-state index in [1.54, 1.807) is 23.9 Å². The number of thioether (sulfide) groups is 1. The van der Waals surface area contributed by atoms with E-state index in [4.69, 9.17) is 10.9 Å². The number of hydrogen-bond acceptors (Lipinski definition) is 3. The highest BCUT2D eigenvalue weighted by molar-refractivity contribution is 7.98. The summed E-state index contributed by atoms with van der Waals surface area (Å²) in [5.41, 5.74) is 6.15. The van der Waals surface area contributed by atoms with Gasteiger partial charge in [0.05, 0.1) is 5.56 Å². The standard InChI is InChI=1S/C13H19FN2OS/c1-9(2)6-7-18-8-10-4-3-5-11(12(10)14)13(15)16-17/h3-5,9,17H,6-8H2,1-2H3,(H2,15,16). The number of rotatable bonds is 6. The molecule has 0 atom stereocenters. The lowest BCUT2D eigenvalue weighted by molar-refractivity contribution is 0.318. The molecule has 0 radical (unpaired) electrons. The van der Waals surface area contributed by atoms with Crippen LogP contribution in [0.4, 0.5) is 4.39 Å². The van der Waals surface area contributed by atoms with Crippen molar-refractivity contribution in [3.63, 3.8) is 0 Å². The third kappa shape index (κ3) is 4.22. The molecule has 0 saturated heterocycles. The van der Waals surface area contributed by atoms with Crippen molar-refractivity contribution in [3.8, 4) is 0 Å². The van der Waals surface area contributed by atoms with E-state index in [-0.39, 0.29) is 11.4 Å². The number of nitrogens with zero attached hydrogens (tertiary/aromatic N) is 1. The SMILES string of the molecule is CC(C)CCSCc1cccc(/C(N)=N/O)c1F. The molecule has 1 rings (SSSR count). The van der Waals surface area contributed by atoms with E-state index in [1.165, 1.54) is 6.07 Å². The van der Waals surface area contributed by atoms with Crippen molar-refractivity contribution in [1.29, 1.82) is 0 Å². The van der Waals surface area contributed by atoms with Gasteiger partial charge in [0.1, 0.15) is 5.82 Å². The van der Waals surface area contributed by atoms with Gasteiger partial charge in [-0.2, -0.15) is 11.8 Å². The summed E-state index contributed by atoms with van der Waals surface area (Å²) in [6.07, 6.45) is 1.12. The molecule has 0 aliphatic rings. The molecule has 0 fully saturated rings. The molecule has 0 aliphatic heterocycles. The molecule has 1 aromatic rings. The molecule has 0 spiro atoms. The Morgan fingerprint density at radius 3 is 2.83 bits per heavy atom. The Morgan fingerprint density at radius 2 is 2.22 bits per heavy atom. The van der Waals surface area contributed by atoms with Crippen LogP contribution in [0, 0.1) is 11.7 Å². The van der Waals surface area contributed by atoms with Crippen molar-refractivity contribution >= 4 is 17.6 Å². The smallest absolute Gasteiger partial charge is 0.173 e. The van der Waals surface area contributed by atoms with Gasteiger partial charge in [-0.3, -0.25) is 0 Å². The topological polar surface area (TPSA) is 58.6 Å². The van der Waals surface area contributed by atoms with Gasteiger partial charge in [-0.15, -0.1) is 0 Å². The average Bonchev–Trinajstić information content (AvgIpc) is 2.35. The Balaban J connectivity index is 2.67. The van der Waals surface area contributed by atoms with E-state index < -0.39 is 5.82 Å². The monoisotopic (exact) mass is 270 g/mol. The van der Waals surface area contributed by atoms with Crippen LogP contribution in [-0.4, -0.2) is 16.8 Å². The van der Waals surface area contributed by atoms with Gasteiger partial charge >= 0.3 is 0 Å². The van der Waals surface area contributed by atoms with E-state index in [9.17, 15) is 4.39 Å². The van der Waals surface area contributed by atoms with Gasteiger partial charge in [0, 0.05) is 5.75 Å². The Bertz CT molecular complexity index is 421. The first-order valence-corrected chi connectivity index (χ1v) is 7.04. The molecule has 100 valence electrons. The van der Waals surface area contributed by atoms with E-state index in [2.05, 4.69) is 19.0 Å². The number of amidine groups is 1. The Kier molecular flexibility index (Phi) is 5.98. The van der Waals surface area contributed by atoms with Crippen molar-refractivity contribution < 1.29 is 9.60 Å². The quantitative estimate of drug-likeness (QED) is 0.274. The molecular weight excluding hydrogens is 251 g/mol. The highest BCUT2D eigenvalue weighted by Crippen LogP contribution is 2.20. The van der Waals surface area contributed by atoms with Gasteiger partial charge in [0.2, 0.25) is 0 Å². The normalized spacial score (nSPS) is 12.1. The van der Waals surface area contributed by atoms with E-state index >= 15 is 0 Å². The first-order chi connectivity index (χ1) is 8.56. The summed E-state index contributed by atoms with van der Waals surface area (Å²) < 4.78 is 14.0. The maximum Gasteiger partial charge on any atom is 0.173 e. The molecule has 1 aromatic carbocycles. The maximum atomic E-state index is 14.0. The summed E-state index contributed by atoms with van der Waals surface area (Å²) >= 11 is 1.69. The van der Waals surface area contributed by atoms with Crippen molar-refractivity contribution in [2.24, 2.45) is 16.8 Å². The summed E-state index contributed by atoms with van der Waals surface area (Å²) in [5.74, 6) is 1.67. The van der Waals surface area contributed by atoms with Crippen LogP contribution >= 0.6 is 11.8 Å². The second-order valence-electron chi connectivity index (χ2n) is 4.50. The maximum absolute atomic E-state index is 14.0. The fourth-order valence-corrected chi connectivity index (χ4v) is 2.67. The third-order valence-electron chi connectivity index (χ3n) is 2.56. The van der Waals surface area contributed by atoms with Crippen LogP contribution in [-0.2, 0) is 5.75 Å². The lowest BCUT2D eigenvalue weighted by Gasteiger charge is -2.08. The lowest BCUT2D eigenvalue weighted by atomic mass is 10.1. The van der Waals surface area contributed by atoms with Gasteiger partial charge in [0.25, 0.3) is 0 Å². The molecule has 0 unspecified atom stereocenters. The summed E-state index contributed by atoms with van der Waals surface area (Å²) in [6, 6.07) is 4.95. The van der Waals surface area contributed by atoms with Crippen LogP contribution in [0.1, 0.15) is 31.4 Å². The number of benzene rings is 1. The van der Waals surface area contributed by atoms with Crippen LogP contribution in [0.25, 0.3) is 0 Å². The molecule has 0 bridgehead atoms. The molecule has 0 saturated carbocycles. The van der Waals surface area contributed by atoms with Gasteiger partial charge in [-0.25, -0.2) is 4.39 Å². The van der Waals surface area contributed by atoms with Gasteiger partial charge < -0.3 is 10.9 Å². The Morgan fingerprint density at radius 1 is 1.50 bits per heavy atom.